The quantitative estimate of drug-likeness (QED) is 0.501. The van der Waals surface area contributed by atoms with Gasteiger partial charge in [0.05, 0.1) is 11.0 Å². The van der Waals surface area contributed by atoms with Gasteiger partial charge in [0.15, 0.2) is 5.49 Å². The molecule has 2 aromatic carbocycles. The number of benzene rings is 2. The second kappa shape index (κ2) is 3.86. The summed E-state index contributed by atoms with van der Waals surface area (Å²) >= 11 is 4.90. The van der Waals surface area contributed by atoms with E-state index in [1.165, 1.54) is 10.8 Å². The number of hydrogen-bond acceptors (Lipinski definition) is 1. The van der Waals surface area contributed by atoms with Crippen LogP contribution < -0.4 is 5.01 Å². The maximum absolute atomic E-state index is 4.90. The van der Waals surface area contributed by atoms with Gasteiger partial charge in [0.1, 0.15) is 0 Å². The summed E-state index contributed by atoms with van der Waals surface area (Å²) in [5.74, 6) is 0. The molecule has 1 radical (unpaired) electrons. The molecule has 0 bridgehead atoms. The van der Waals surface area contributed by atoms with Gasteiger partial charge in [0.25, 0.3) is 0 Å². The lowest BCUT2D eigenvalue weighted by Crippen LogP contribution is -2.26. The predicted molar refractivity (Wildman–Crippen MR) is 76.2 cm³/mol. The van der Waals surface area contributed by atoms with Crippen molar-refractivity contribution in [3.05, 3.63) is 48.5 Å². The molecule has 0 atom stereocenters. The van der Waals surface area contributed by atoms with E-state index in [1.807, 2.05) is 19.2 Å². The van der Waals surface area contributed by atoms with Crippen molar-refractivity contribution >= 4 is 39.5 Å². The summed E-state index contributed by atoms with van der Waals surface area (Å²) in [5.41, 5.74) is 5.02. The summed E-state index contributed by atoms with van der Waals surface area (Å²) in [5, 5.41) is 4.28. The lowest BCUT2D eigenvalue weighted by molar-refractivity contribution is 0.886. The second-order valence-corrected chi connectivity index (χ2v) is 4.14. The third kappa shape index (κ3) is 1.43. The zero-order valence-electron chi connectivity index (χ0n) is 9.42. The first-order chi connectivity index (χ1) is 8.33. The molecule has 0 aliphatic rings. The van der Waals surface area contributed by atoms with E-state index in [2.05, 4.69) is 46.6 Å². The highest BCUT2D eigenvalue weighted by atomic mass is 32.1. The predicted octanol–water partition coefficient (Wildman–Crippen LogP) is 3.20. The minimum atomic E-state index is 1.15. The van der Waals surface area contributed by atoms with Crippen LogP contribution in [0.4, 0.5) is 0 Å². The van der Waals surface area contributed by atoms with Crippen LogP contribution in [0.2, 0.25) is 0 Å². The Morgan fingerprint density at radius 1 is 0.941 bits per heavy atom. The molecular formula is C14H11N2S. The molecule has 0 spiro atoms. The van der Waals surface area contributed by atoms with E-state index >= 15 is 0 Å². The smallest absolute Gasteiger partial charge is 0.157 e. The zero-order valence-corrected chi connectivity index (χ0v) is 10.2. The fraction of sp³-hybridized carbons (Fsp3) is 0.0714. The summed E-state index contributed by atoms with van der Waals surface area (Å²) in [6.45, 7) is 0. The van der Waals surface area contributed by atoms with Crippen LogP contribution in [0.5, 0.6) is 0 Å². The number of hydrogen-bond donors (Lipinski definition) is 0. The van der Waals surface area contributed by atoms with Crippen molar-refractivity contribution in [3.8, 4) is 0 Å². The van der Waals surface area contributed by atoms with Crippen molar-refractivity contribution in [1.29, 1.82) is 0 Å². The molecular weight excluding hydrogens is 228 g/mol. The third-order valence-corrected chi connectivity index (χ3v) is 3.25. The molecule has 3 rings (SSSR count). The topological polar surface area (TPSA) is 8.17 Å². The first-order valence-electron chi connectivity index (χ1n) is 5.43. The molecule has 3 aromatic rings. The fourth-order valence-electron chi connectivity index (χ4n) is 2.27. The van der Waals surface area contributed by atoms with E-state index in [9.17, 15) is 0 Å². The first-order valence-corrected chi connectivity index (χ1v) is 5.84. The minimum Gasteiger partial charge on any atom is -0.270 e. The van der Waals surface area contributed by atoms with Crippen molar-refractivity contribution < 1.29 is 0 Å². The summed E-state index contributed by atoms with van der Waals surface area (Å²) in [6.07, 6.45) is 0. The largest absolute Gasteiger partial charge is 0.270 e. The van der Waals surface area contributed by atoms with Crippen LogP contribution in [0.15, 0.2) is 48.5 Å². The fourth-order valence-corrected chi connectivity index (χ4v) is 2.35. The molecule has 0 unspecified atom stereocenters. The summed E-state index contributed by atoms with van der Waals surface area (Å²) in [4.78, 5) is 0. The molecule has 17 heavy (non-hydrogen) atoms. The standard InChI is InChI=1S/C14H11N2S/c1-15(10-17)16-13-8-4-2-6-11(13)12-7-3-5-9-14(12)16/h2-9H,1H3. The molecule has 1 aromatic heterocycles. The summed E-state index contributed by atoms with van der Waals surface area (Å²) in [6, 6.07) is 16.6. The van der Waals surface area contributed by atoms with E-state index in [0.29, 0.717) is 0 Å². The molecule has 0 aliphatic carbocycles. The molecule has 0 saturated heterocycles. The Morgan fingerprint density at radius 3 is 1.88 bits per heavy atom. The van der Waals surface area contributed by atoms with Crippen molar-refractivity contribution in [2.75, 3.05) is 12.1 Å². The van der Waals surface area contributed by atoms with Gasteiger partial charge in [0.2, 0.25) is 0 Å². The molecule has 3 heteroatoms. The highest BCUT2D eigenvalue weighted by molar-refractivity contribution is 7.79. The van der Waals surface area contributed by atoms with Gasteiger partial charge < -0.3 is 0 Å². The van der Waals surface area contributed by atoms with E-state index in [1.54, 1.807) is 5.01 Å². The average Bonchev–Trinajstić information content (AvgIpc) is 2.72. The van der Waals surface area contributed by atoms with Crippen LogP contribution in [0.25, 0.3) is 21.8 Å². The van der Waals surface area contributed by atoms with Crippen LogP contribution in [-0.4, -0.2) is 17.2 Å². The van der Waals surface area contributed by atoms with Gasteiger partial charge in [0, 0.05) is 17.8 Å². The second-order valence-electron chi connectivity index (χ2n) is 3.96. The van der Waals surface area contributed by atoms with Crippen molar-refractivity contribution in [3.63, 3.8) is 0 Å². The number of para-hydroxylation sites is 2. The maximum atomic E-state index is 4.90. The van der Waals surface area contributed by atoms with Gasteiger partial charge in [-0.1, -0.05) is 48.6 Å². The Kier molecular flexibility index (Phi) is 2.34. The van der Waals surface area contributed by atoms with Crippen LogP contribution in [0.1, 0.15) is 0 Å². The highest BCUT2D eigenvalue weighted by Crippen LogP contribution is 2.28. The molecule has 0 fully saturated rings. The number of fused-ring (bicyclic) bond motifs is 3. The number of aromatic nitrogens is 1. The van der Waals surface area contributed by atoms with Crippen molar-refractivity contribution in [1.82, 2.24) is 4.68 Å². The lowest BCUT2D eigenvalue weighted by Gasteiger charge is -2.16. The van der Waals surface area contributed by atoms with E-state index in [0.717, 1.165) is 11.0 Å². The van der Waals surface area contributed by atoms with Gasteiger partial charge >= 0.3 is 0 Å². The maximum Gasteiger partial charge on any atom is 0.157 e. The third-order valence-electron chi connectivity index (χ3n) is 2.99. The van der Waals surface area contributed by atoms with Gasteiger partial charge in [-0.15, -0.1) is 0 Å². The molecule has 2 nitrogen and oxygen atoms in total. The molecule has 0 amide bonds. The molecule has 0 aliphatic heterocycles. The number of nitrogens with zero attached hydrogens (tertiary/aromatic N) is 2. The molecule has 0 saturated carbocycles. The van der Waals surface area contributed by atoms with Crippen LogP contribution >= 0.6 is 12.2 Å². The van der Waals surface area contributed by atoms with Crippen LogP contribution in [-0.2, 0) is 0 Å². The summed E-state index contributed by atoms with van der Waals surface area (Å²) in [7, 11) is 1.91. The molecule has 0 N–H and O–H groups in total. The summed E-state index contributed by atoms with van der Waals surface area (Å²) < 4.78 is 2.08. The SMILES string of the molecule is CN([C]=S)n1c2ccccc2c2ccccc21. The lowest BCUT2D eigenvalue weighted by atomic mass is 10.2. The van der Waals surface area contributed by atoms with E-state index in [-0.39, 0.29) is 0 Å². The normalized spacial score (nSPS) is 10.9. The number of rotatable bonds is 2. The zero-order chi connectivity index (χ0) is 11.8. The van der Waals surface area contributed by atoms with Gasteiger partial charge in [-0.3, -0.25) is 9.69 Å². The number of thiocarbonyl (C=S) groups is 1. The Balaban J connectivity index is 2.54. The average molecular weight is 239 g/mol. The Bertz CT molecular complexity index is 646. The molecule has 1 heterocycles. The Labute approximate surface area is 105 Å². The highest BCUT2D eigenvalue weighted by Gasteiger charge is 2.11. The van der Waals surface area contributed by atoms with Gasteiger partial charge in [-0.2, -0.15) is 0 Å². The van der Waals surface area contributed by atoms with Crippen LogP contribution in [0.3, 0.4) is 0 Å². The van der Waals surface area contributed by atoms with Crippen LogP contribution in [0, 0.1) is 0 Å². The van der Waals surface area contributed by atoms with E-state index < -0.39 is 0 Å². The van der Waals surface area contributed by atoms with Crippen molar-refractivity contribution in [2.45, 2.75) is 0 Å². The van der Waals surface area contributed by atoms with Gasteiger partial charge in [-0.05, 0) is 12.1 Å². The first kappa shape index (κ1) is 10.3. The van der Waals surface area contributed by atoms with Crippen molar-refractivity contribution in [2.24, 2.45) is 0 Å². The van der Waals surface area contributed by atoms with E-state index in [4.69, 9.17) is 12.2 Å². The Morgan fingerprint density at radius 2 is 1.41 bits per heavy atom. The van der Waals surface area contributed by atoms with Gasteiger partial charge in [-0.25, -0.2) is 0 Å². The monoisotopic (exact) mass is 239 g/mol. The minimum absolute atomic E-state index is 1.15. The molecule has 83 valence electrons. The Hall–Kier alpha value is -1.87.